The zero-order valence-electron chi connectivity index (χ0n) is 10.2. The molecule has 0 aromatic carbocycles. The third-order valence-electron chi connectivity index (χ3n) is 2.37. The predicted octanol–water partition coefficient (Wildman–Crippen LogP) is 2.48. The van der Waals surface area contributed by atoms with Gasteiger partial charge < -0.3 is 9.73 Å². The summed E-state index contributed by atoms with van der Waals surface area (Å²) in [6, 6.07) is 1.85. The van der Waals surface area contributed by atoms with Gasteiger partial charge in [-0.15, -0.1) is 0 Å². The van der Waals surface area contributed by atoms with E-state index < -0.39 is 0 Å². The van der Waals surface area contributed by atoms with Crippen LogP contribution in [0.25, 0.3) is 11.4 Å². The Hall–Kier alpha value is -1.68. The van der Waals surface area contributed by atoms with Gasteiger partial charge in [0.15, 0.2) is 5.82 Å². The van der Waals surface area contributed by atoms with Gasteiger partial charge in [0.05, 0.1) is 11.8 Å². The Balaban J connectivity index is 1.94. The molecule has 0 fully saturated rings. The molecule has 0 radical (unpaired) electrons. The lowest BCUT2D eigenvalue weighted by Crippen LogP contribution is -2.19. The first-order valence-electron chi connectivity index (χ1n) is 5.80. The summed E-state index contributed by atoms with van der Waals surface area (Å²) in [6.07, 6.45) is 6.97. The molecule has 0 saturated heterocycles. The van der Waals surface area contributed by atoms with E-state index in [9.17, 15) is 0 Å². The van der Waals surface area contributed by atoms with Gasteiger partial charge >= 0.3 is 0 Å². The molecule has 2 rings (SSSR count). The van der Waals surface area contributed by atoms with Crippen LogP contribution < -0.4 is 5.32 Å². The lowest BCUT2D eigenvalue weighted by molar-refractivity contribution is 0.551. The Morgan fingerprint density at radius 2 is 2.06 bits per heavy atom. The first-order valence-corrected chi connectivity index (χ1v) is 5.80. The molecule has 1 N–H and O–H groups in total. The monoisotopic (exact) mass is 231 g/mol. The fourth-order valence-corrected chi connectivity index (χ4v) is 1.49. The molecule has 0 aliphatic rings. The van der Waals surface area contributed by atoms with Gasteiger partial charge in [-0.2, -0.15) is 0 Å². The molecule has 0 aliphatic carbocycles. The Kier molecular flexibility index (Phi) is 3.88. The normalized spacial score (nSPS) is 11.0. The maximum Gasteiger partial charge on any atom is 0.162 e. The number of hydrogen-bond acceptors (Lipinski definition) is 4. The van der Waals surface area contributed by atoms with Crippen molar-refractivity contribution in [3.05, 3.63) is 36.5 Å². The van der Waals surface area contributed by atoms with Gasteiger partial charge in [0.25, 0.3) is 0 Å². The van der Waals surface area contributed by atoms with Crippen molar-refractivity contribution in [3.63, 3.8) is 0 Å². The second-order valence-corrected chi connectivity index (χ2v) is 4.45. The van der Waals surface area contributed by atoms with E-state index >= 15 is 0 Å². The Labute approximate surface area is 101 Å². The molecule has 0 bridgehead atoms. The SMILES string of the molecule is CC(C)CNCc1cnc(-c2ccoc2)nc1. The van der Waals surface area contributed by atoms with Crippen molar-refractivity contribution < 1.29 is 4.42 Å². The quantitative estimate of drug-likeness (QED) is 0.859. The second kappa shape index (κ2) is 5.59. The molecule has 0 saturated carbocycles. The van der Waals surface area contributed by atoms with Crippen molar-refractivity contribution in [1.29, 1.82) is 0 Å². The summed E-state index contributed by atoms with van der Waals surface area (Å²) < 4.78 is 5.00. The highest BCUT2D eigenvalue weighted by atomic mass is 16.3. The van der Waals surface area contributed by atoms with Crippen molar-refractivity contribution >= 4 is 0 Å². The molecule has 2 heterocycles. The maximum absolute atomic E-state index is 5.00. The summed E-state index contributed by atoms with van der Waals surface area (Å²) >= 11 is 0. The van der Waals surface area contributed by atoms with E-state index in [1.54, 1.807) is 12.5 Å². The highest BCUT2D eigenvalue weighted by molar-refractivity contribution is 5.51. The van der Waals surface area contributed by atoms with Crippen LogP contribution in [-0.4, -0.2) is 16.5 Å². The van der Waals surface area contributed by atoms with E-state index in [1.165, 1.54) is 0 Å². The number of rotatable bonds is 5. The van der Waals surface area contributed by atoms with E-state index in [4.69, 9.17) is 4.42 Å². The Morgan fingerprint density at radius 3 is 2.65 bits per heavy atom. The molecule has 0 amide bonds. The third kappa shape index (κ3) is 3.39. The fourth-order valence-electron chi connectivity index (χ4n) is 1.49. The molecule has 0 aliphatic heterocycles. The minimum atomic E-state index is 0.654. The summed E-state index contributed by atoms with van der Waals surface area (Å²) in [4.78, 5) is 8.62. The molecular weight excluding hydrogens is 214 g/mol. The number of aromatic nitrogens is 2. The molecular formula is C13H17N3O. The molecule has 4 heteroatoms. The van der Waals surface area contributed by atoms with Crippen LogP contribution in [0.3, 0.4) is 0 Å². The zero-order valence-corrected chi connectivity index (χ0v) is 10.2. The first-order chi connectivity index (χ1) is 8.25. The molecule has 0 spiro atoms. The summed E-state index contributed by atoms with van der Waals surface area (Å²) in [6.45, 7) is 6.18. The smallest absolute Gasteiger partial charge is 0.162 e. The zero-order chi connectivity index (χ0) is 12.1. The standard InChI is InChI=1S/C13H17N3O/c1-10(2)5-14-6-11-7-15-13(16-8-11)12-3-4-17-9-12/h3-4,7-10,14H,5-6H2,1-2H3. The van der Waals surface area contributed by atoms with Crippen LogP contribution >= 0.6 is 0 Å². The highest BCUT2D eigenvalue weighted by Crippen LogP contribution is 2.13. The number of furan rings is 1. The number of nitrogens with zero attached hydrogens (tertiary/aromatic N) is 2. The Bertz CT molecular complexity index is 434. The molecule has 0 unspecified atom stereocenters. The van der Waals surface area contributed by atoms with Crippen LogP contribution in [0, 0.1) is 5.92 Å². The number of hydrogen-bond donors (Lipinski definition) is 1. The van der Waals surface area contributed by atoms with Crippen LogP contribution in [0.5, 0.6) is 0 Å². The van der Waals surface area contributed by atoms with Gasteiger partial charge in [-0.3, -0.25) is 0 Å². The van der Waals surface area contributed by atoms with Crippen molar-refractivity contribution in [2.24, 2.45) is 5.92 Å². The van der Waals surface area contributed by atoms with Gasteiger partial charge in [-0.25, -0.2) is 9.97 Å². The highest BCUT2D eigenvalue weighted by Gasteiger charge is 2.02. The molecule has 2 aromatic rings. The van der Waals surface area contributed by atoms with Crippen molar-refractivity contribution in [3.8, 4) is 11.4 Å². The minimum absolute atomic E-state index is 0.654. The van der Waals surface area contributed by atoms with E-state index in [0.717, 1.165) is 24.2 Å². The third-order valence-corrected chi connectivity index (χ3v) is 2.37. The molecule has 4 nitrogen and oxygen atoms in total. The van der Waals surface area contributed by atoms with Crippen LogP contribution in [0.1, 0.15) is 19.4 Å². The van der Waals surface area contributed by atoms with E-state index in [1.807, 2.05) is 18.5 Å². The average Bonchev–Trinajstić information content (AvgIpc) is 2.83. The van der Waals surface area contributed by atoms with Crippen molar-refractivity contribution in [2.75, 3.05) is 6.54 Å². The first kappa shape index (κ1) is 11.8. The van der Waals surface area contributed by atoms with Crippen LogP contribution in [0.15, 0.2) is 35.4 Å². The van der Waals surface area contributed by atoms with Gasteiger partial charge in [0, 0.05) is 24.5 Å². The van der Waals surface area contributed by atoms with Crippen LogP contribution in [0.2, 0.25) is 0 Å². The topological polar surface area (TPSA) is 51.0 Å². The van der Waals surface area contributed by atoms with E-state index in [0.29, 0.717) is 11.7 Å². The largest absolute Gasteiger partial charge is 0.472 e. The van der Waals surface area contributed by atoms with Gasteiger partial charge in [-0.05, 0) is 18.5 Å². The molecule has 0 atom stereocenters. The summed E-state index contributed by atoms with van der Waals surface area (Å²) in [7, 11) is 0. The molecule has 2 aromatic heterocycles. The van der Waals surface area contributed by atoms with E-state index in [-0.39, 0.29) is 0 Å². The average molecular weight is 231 g/mol. The van der Waals surface area contributed by atoms with Crippen LogP contribution in [-0.2, 0) is 6.54 Å². The van der Waals surface area contributed by atoms with Gasteiger partial charge in [-0.1, -0.05) is 13.8 Å². The minimum Gasteiger partial charge on any atom is -0.472 e. The van der Waals surface area contributed by atoms with Crippen molar-refractivity contribution in [1.82, 2.24) is 15.3 Å². The fraction of sp³-hybridized carbons (Fsp3) is 0.385. The van der Waals surface area contributed by atoms with Crippen LogP contribution in [0.4, 0.5) is 0 Å². The predicted molar refractivity (Wildman–Crippen MR) is 66.3 cm³/mol. The van der Waals surface area contributed by atoms with Crippen molar-refractivity contribution in [2.45, 2.75) is 20.4 Å². The van der Waals surface area contributed by atoms with E-state index in [2.05, 4.69) is 29.1 Å². The second-order valence-electron chi connectivity index (χ2n) is 4.45. The lowest BCUT2D eigenvalue weighted by atomic mass is 10.2. The summed E-state index contributed by atoms with van der Waals surface area (Å²) in [5.74, 6) is 1.35. The molecule has 17 heavy (non-hydrogen) atoms. The number of nitrogens with one attached hydrogen (secondary N) is 1. The maximum atomic E-state index is 5.00. The summed E-state index contributed by atoms with van der Waals surface area (Å²) in [5.41, 5.74) is 2.00. The van der Waals surface area contributed by atoms with Gasteiger partial charge in [0.2, 0.25) is 0 Å². The van der Waals surface area contributed by atoms with Gasteiger partial charge in [0.1, 0.15) is 6.26 Å². The Morgan fingerprint density at radius 1 is 1.29 bits per heavy atom. The lowest BCUT2D eigenvalue weighted by Gasteiger charge is -2.06. The molecule has 90 valence electrons. The summed E-state index contributed by atoms with van der Waals surface area (Å²) in [5, 5.41) is 3.36.